The Kier molecular flexibility index (Phi) is 7.94. The second-order valence-corrected chi connectivity index (χ2v) is 8.35. The maximum absolute atomic E-state index is 13.4. The van der Waals surface area contributed by atoms with Gasteiger partial charge in [-0.3, -0.25) is 9.59 Å². The van der Waals surface area contributed by atoms with Crippen LogP contribution in [-0.2, 0) is 20.8 Å². The quantitative estimate of drug-likeness (QED) is 0.480. The highest BCUT2D eigenvalue weighted by atomic mass is 19.1. The van der Waals surface area contributed by atoms with Crippen LogP contribution in [0, 0.1) is 11.7 Å². The summed E-state index contributed by atoms with van der Waals surface area (Å²) in [6.45, 7) is 2.31. The van der Waals surface area contributed by atoms with E-state index in [-0.39, 0.29) is 36.1 Å². The normalized spacial score (nSPS) is 19.7. The van der Waals surface area contributed by atoms with Gasteiger partial charge in [0.15, 0.2) is 11.2 Å². The number of allylic oxidation sites excluding steroid dienone is 1. The van der Waals surface area contributed by atoms with Crippen molar-refractivity contribution in [1.82, 2.24) is 5.32 Å². The maximum atomic E-state index is 13.4. The lowest BCUT2D eigenvalue weighted by Gasteiger charge is -2.36. The SMILES string of the molecule is CCOC1OC(C(=O)NCc2ccc(F)cc2)=CC(c2coc3ccccc3c2=O)C1CCCO. The van der Waals surface area contributed by atoms with Gasteiger partial charge >= 0.3 is 0 Å². The molecule has 3 aromatic rings. The van der Waals surface area contributed by atoms with Crippen LogP contribution >= 0.6 is 0 Å². The van der Waals surface area contributed by atoms with E-state index in [0.29, 0.717) is 36.0 Å². The molecule has 1 aromatic heterocycles. The number of halogens is 1. The number of hydrogen-bond donors (Lipinski definition) is 2. The second kappa shape index (κ2) is 11.3. The third kappa shape index (κ3) is 5.61. The zero-order valence-electron chi connectivity index (χ0n) is 19.4. The monoisotopic (exact) mass is 481 g/mol. The van der Waals surface area contributed by atoms with Crippen molar-refractivity contribution in [3.05, 3.63) is 93.8 Å². The fraction of sp³-hybridized carbons (Fsp3) is 0.333. The lowest BCUT2D eigenvalue weighted by molar-refractivity contribution is -0.166. The number of carbonyl (C=O) groups excluding carboxylic acids is 1. The molecular formula is C27H28FNO6. The van der Waals surface area contributed by atoms with E-state index < -0.39 is 18.1 Å². The average molecular weight is 482 g/mol. The lowest BCUT2D eigenvalue weighted by atomic mass is 9.81. The van der Waals surface area contributed by atoms with Crippen LogP contribution in [-0.4, -0.2) is 30.5 Å². The number of carbonyl (C=O) groups is 1. The molecule has 2 aromatic carbocycles. The molecule has 35 heavy (non-hydrogen) atoms. The van der Waals surface area contributed by atoms with E-state index in [1.54, 1.807) is 42.5 Å². The fourth-order valence-electron chi connectivity index (χ4n) is 4.32. The number of hydrogen-bond acceptors (Lipinski definition) is 6. The summed E-state index contributed by atoms with van der Waals surface area (Å²) in [6, 6.07) is 12.8. The number of rotatable bonds is 9. The zero-order chi connectivity index (χ0) is 24.8. The van der Waals surface area contributed by atoms with Gasteiger partial charge in [0.05, 0.1) is 11.6 Å². The summed E-state index contributed by atoms with van der Waals surface area (Å²) in [6.07, 6.45) is 3.25. The summed E-state index contributed by atoms with van der Waals surface area (Å²) < 4.78 is 30.7. The molecule has 0 aliphatic carbocycles. The zero-order valence-corrected chi connectivity index (χ0v) is 19.4. The van der Waals surface area contributed by atoms with Gasteiger partial charge in [-0.05, 0) is 55.7 Å². The summed E-state index contributed by atoms with van der Waals surface area (Å²) in [5.41, 5.74) is 1.40. The van der Waals surface area contributed by atoms with Gasteiger partial charge < -0.3 is 24.3 Å². The fourth-order valence-corrected chi connectivity index (χ4v) is 4.32. The molecule has 3 unspecified atom stereocenters. The van der Waals surface area contributed by atoms with Gasteiger partial charge in [-0.15, -0.1) is 0 Å². The molecule has 8 heteroatoms. The smallest absolute Gasteiger partial charge is 0.286 e. The first-order valence-electron chi connectivity index (χ1n) is 11.7. The number of aliphatic hydroxyl groups excluding tert-OH is 1. The van der Waals surface area contributed by atoms with Crippen molar-refractivity contribution in [2.24, 2.45) is 5.92 Å². The highest BCUT2D eigenvalue weighted by molar-refractivity contribution is 5.91. The third-order valence-electron chi connectivity index (χ3n) is 6.07. The number of fused-ring (bicyclic) bond motifs is 1. The van der Waals surface area contributed by atoms with Crippen molar-refractivity contribution in [3.63, 3.8) is 0 Å². The number of nitrogens with one attached hydrogen (secondary N) is 1. The topological polar surface area (TPSA) is 98.0 Å². The summed E-state index contributed by atoms with van der Waals surface area (Å²) in [4.78, 5) is 26.4. The number of aliphatic hydroxyl groups is 1. The highest BCUT2D eigenvalue weighted by Gasteiger charge is 2.39. The molecule has 3 atom stereocenters. The summed E-state index contributed by atoms with van der Waals surface area (Å²) in [5.74, 6) is -1.65. The van der Waals surface area contributed by atoms with E-state index in [0.717, 1.165) is 5.56 Å². The van der Waals surface area contributed by atoms with E-state index in [4.69, 9.17) is 13.9 Å². The molecular weight excluding hydrogens is 453 g/mol. The largest absolute Gasteiger partial charge is 0.464 e. The Labute approximate surface area is 202 Å². The minimum Gasteiger partial charge on any atom is -0.464 e. The maximum Gasteiger partial charge on any atom is 0.286 e. The Bertz CT molecular complexity index is 1250. The van der Waals surface area contributed by atoms with Gasteiger partial charge in [-0.25, -0.2) is 4.39 Å². The standard InChI is InChI=1S/C27H28FNO6/c1-2-33-27-19(7-5-13-30)21(22-16-34-23-8-4-3-6-20(23)25(22)31)14-24(35-27)26(32)29-15-17-9-11-18(28)12-10-17/h3-4,6,8-12,14,16,19,21,27,30H,2,5,7,13,15H2,1H3,(H,29,32). The van der Waals surface area contributed by atoms with Crippen molar-refractivity contribution < 1.29 is 28.2 Å². The van der Waals surface area contributed by atoms with Crippen molar-refractivity contribution in [2.75, 3.05) is 13.2 Å². The number of benzene rings is 2. The molecule has 1 aliphatic heterocycles. The first-order valence-corrected chi connectivity index (χ1v) is 11.7. The lowest BCUT2D eigenvalue weighted by Crippen LogP contribution is -2.40. The summed E-state index contributed by atoms with van der Waals surface area (Å²) in [5, 5.41) is 12.7. The molecule has 7 nitrogen and oxygen atoms in total. The molecule has 0 fully saturated rings. The first-order chi connectivity index (χ1) is 17.0. The van der Waals surface area contributed by atoms with Gasteiger partial charge in [0.2, 0.25) is 6.29 Å². The molecule has 0 saturated heterocycles. The van der Waals surface area contributed by atoms with E-state index >= 15 is 0 Å². The molecule has 2 N–H and O–H groups in total. The van der Waals surface area contributed by atoms with Crippen LogP contribution < -0.4 is 10.7 Å². The second-order valence-electron chi connectivity index (χ2n) is 8.35. The molecule has 0 saturated carbocycles. The van der Waals surface area contributed by atoms with Crippen LogP contribution in [0.4, 0.5) is 4.39 Å². The predicted molar refractivity (Wildman–Crippen MR) is 128 cm³/mol. The van der Waals surface area contributed by atoms with Crippen LogP contribution in [0.3, 0.4) is 0 Å². The van der Waals surface area contributed by atoms with Gasteiger partial charge in [-0.2, -0.15) is 0 Å². The molecule has 2 heterocycles. The molecule has 1 amide bonds. The average Bonchev–Trinajstić information content (AvgIpc) is 2.87. The minimum atomic E-state index is -0.793. The van der Waals surface area contributed by atoms with E-state index in [1.165, 1.54) is 18.4 Å². The Morgan fingerprint density at radius 3 is 2.69 bits per heavy atom. The minimum absolute atomic E-state index is 0.0247. The predicted octanol–water partition coefficient (Wildman–Crippen LogP) is 4.00. The van der Waals surface area contributed by atoms with E-state index in [9.17, 15) is 19.1 Å². The van der Waals surface area contributed by atoms with Gasteiger partial charge in [0.1, 0.15) is 11.4 Å². The van der Waals surface area contributed by atoms with Crippen molar-refractivity contribution in [1.29, 1.82) is 0 Å². The van der Waals surface area contributed by atoms with Crippen LogP contribution in [0.1, 0.15) is 36.8 Å². The molecule has 0 bridgehead atoms. The van der Waals surface area contributed by atoms with Crippen molar-refractivity contribution in [2.45, 2.75) is 38.5 Å². The molecule has 1 aliphatic rings. The van der Waals surface area contributed by atoms with Crippen LogP contribution in [0.5, 0.6) is 0 Å². The molecule has 0 radical (unpaired) electrons. The van der Waals surface area contributed by atoms with Crippen molar-refractivity contribution in [3.8, 4) is 0 Å². The first kappa shape index (κ1) is 24.6. The third-order valence-corrected chi connectivity index (χ3v) is 6.07. The van der Waals surface area contributed by atoms with Gasteiger partial charge in [0.25, 0.3) is 5.91 Å². The molecule has 184 valence electrons. The van der Waals surface area contributed by atoms with Gasteiger partial charge in [-0.1, -0.05) is 24.3 Å². The van der Waals surface area contributed by atoms with Crippen LogP contribution in [0.25, 0.3) is 11.0 Å². The Hall–Kier alpha value is -3.49. The Morgan fingerprint density at radius 1 is 1.17 bits per heavy atom. The van der Waals surface area contributed by atoms with Gasteiger partial charge in [0, 0.05) is 37.2 Å². The summed E-state index contributed by atoms with van der Waals surface area (Å²) >= 11 is 0. The van der Waals surface area contributed by atoms with E-state index in [1.807, 2.05) is 6.92 Å². The molecule has 4 rings (SSSR count). The molecule has 0 spiro atoms. The van der Waals surface area contributed by atoms with Crippen molar-refractivity contribution >= 4 is 16.9 Å². The Balaban J connectivity index is 1.68. The number of amides is 1. The number of ether oxygens (including phenoxy) is 2. The van der Waals surface area contributed by atoms with Crippen LogP contribution in [0.15, 0.2) is 75.8 Å². The summed E-state index contributed by atoms with van der Waals surface area (Å²) in [7, 11) is 0. The van der Waals surface area contributed by atoms with Crippen LogP contribution in [0.2, 0.25) is 0 Å². The van der Waals surface area contributed by atoms with E-state index in [2.05, 4.69) is 5.32 Å². The Morgan fingerprint density at radius 2 is 1.94 bits per heavy atom. The number of para-hydroxylation sites is 1. The highest BCUT2D eigenvalue weighted by Crippen LogP contribution is 2.38.